The van der Waals surface area contributed by atoms with Crippen LogP contribution in [0, 0.1) is 13.8 Å². The predicted molar refractivity (Wildman–Crippen MR) is 201 cm³/mol. The maximum absolute atomic E-state index is 14.2. The standard InChI is InChI=1S/C39H48N8O5/c1-23-19-32-34(24(2)40-23)41-37(46(32)21-25-9-12-28(50-7)20-33(25)51-8)42-36(48)29-13-14-31(30-22-44(6)43-35(29)30)45-17-15-27(16-18-45)47(26-10-11-26)38(49)52-39(3,4)5/h9,12-14,19-20,22,26-27H,10-11,15-18,21H2,1-8H3,(H,41,42,48). The molecular weight excluding hydrogens is 660 g/mol. The number of ether oxygens (including phenoxy) is 3. The van der Waals surface area contributed by atoms with E-state index < -0.39 is 5.60 Å². The van der Waals surface area contributed by atoms with Crippen LogP contribution in [0.3, 0.4) is 0 Å². The molecule has 0 spiro atoms. The molecule has 0 radical (unpaired) electrons. The lowest BCUT2D eigenvalue weighted by Gasteiger charge is -2.40. The smallest absolute Gasteiger partial charge is 0.410 e. The summed E-state index contributed by atoms with van der Waals surface area (Å²) >= 11 is 0. The van der Waals surface area contributed by atoms with E-state index in [0.717, 1.165) is 72.3 Å². The van der Waals surface area contributed by atoms with Gasteiger partial charge in [0, 0.05) is 66.8 Å². The van der Waals surface area contributed by atoms with Crippen molar-refractivity contribution in [1.29, 1.82) is 0 Å². The summed E-state index contributed by atoms with van der Waals surface area (Å²) in [6, 6.07) is 11.9. The minimum Gasteiger partial charge on any atom is -0.497 e. The summed E-state index contributed by atoms with van der Waals surface area (Å²) in [5.74, 6) is 1.44. The second kappa shape index (κ2) is 13.7. The van der Waals surface area contributed by atoms with Gasteiger partial charge in [-0.05, 0) is 90.6 Å². The zero-order valence-corrected chi connectivity index (χ0v) is 31.3. The summed E-state index contributed by atoms with van der Waals surface area (Å²) in [5.41, 5.74) is 5.64. The average molecular weight is 709 g/mol. The molecule has 1 aliphatic carbocycles. The van der Waals surface area contributed by atoms with Crippen LogP contribution in [0.2, 0.25) is 0 Å². The number of hydrogen-bond donors (Lipinski definition) is 1. The molecule has 0 unspecified atom stereocenters. The fourth-order valence-electron chi connectivity index (χ4n) is 7.32. The Kier molecular flexibility index (Phi) is 9.22. The van der Waals surface area contributed by atoms with Gasteiger partial charge in [0.1, 0.15) is 28.1 Å². The lowest BCUT2D eigenvalue weighted by Crippen LogP contribution is -2.50. The Morgan fingerprint density at radius 1 is 0.942 bits per heavy atom. The van der Waals surface area contributed by atoms with Gasteiger partial charge >= 0.3 is 6.09 Å². The van der Waals surface area contributed by atoms with Crippen molar-refractivity contribution < 1.29 is 23.8 Å². The van der Waals surface area contributed by atoms with Gasteiger partial charge in [-0.25, -0.2) is 9.78 Å². The van der Waals surface area contributed by atoms with E-state index in [4.69, 9.17) is 24.3 Å². The number of aromatic nitrogens is 5. The molecule has 3 aromatic heterocycles. The molecule has 2 aromatic carbocycles. The van der Waals surface area contributed by atoms with Gasteiger partial charge in [-0.2, -0.15) is 5.10 Å². The molecule has 1 N–H and O–H groups in total. The van der Waals surface area contributed by atoms with Gasteiger partial charge in [-0.15, -0.1) is 0 Å². The van der Waals surface area contributed by atoms with Crippen LogP contribution in [0.1, 0.15) is 73.8 Å². The fraction of sp³-hybridized carbons (Fsp3) is 0.462. The van der Waals surface area contributed by atoms with Crippen LogP contribution < -0.4 is 19.7 Å². The molecule has 1 saturated carbocycles. The Morgan fingerprint density at radius 3 is 2.35 bits per heavy atom. The Labute approximate surface area is 303 Å². The number of fused-ring (bicyclic) bond motifs is 2. The molecule has 13 nitrogen and oxygen atoms in total. The number of anilines is 2. The monoisotopic (exact) mass is 708 g/mol. The Balaban J connectivity index is 1.16. The zero-order chi connectivity index (χ0) is 36.9. The number of nitrogens with one attached hydrogen (secondary N) is 1. The van der Waals surface area contributed by atoms with Crippen LogP contribution in [-0.4, -0.2) is 86.2 Å². The second-order valence-corrected chi connectivity index (χ2v) is 14.9. The first kappa shape index (κ1) is 35.1. The Hall–Kier alpha value is -5.33. The Bertz CT molecular complexity index is 2150. The lowest BCUT2D eigenvalue weighted by molar-refractivity contribution is 0.0113. The van der Waals surface area contributed by atoms with E-state index >= 15 is 0 Å². The number of piperidine rings is 1. The number of carbonyl (C=O) groups excluding carboxylic acids is 2. The maximum Gasteiger partial charge on any atom is 0.410 e. The molecule has 0 bridgehead atoms. The summed E-state index contributed by atoms with van der Waals surface area (Å²) in [6.45, 7) is 11.6. The zero-order valence-electron chi connectivity index (χ0n) is 31.3. The number of nitrogens with zero attached hydrogens (tertiary/aromatic N) is 7. The third-order valence-electron chi connectivity index (χ3n) is 9.84. The highest BCUT2D eigenvalue weighted by Gasteiger charge is 2.41. The molecule has 2 fully saturated rings. The van der Waals surface area contributed by atoms with Gasteiger partial charge < -0.3 is 28.6 Å². The predicted octanol–water partition coefficient (Wildman–Crippen LogP) is 6.62. The van der Waals surface area contributed by atoms with Crippen LogP contribution in [0.4, 0.5) is 16.4 Å². The SMILES string of the molecule is COc1ccc(Cn2c(NC(=O)c3ccc(N4CCC(N(C(=O)OC(C)(C)C)C5CC5)CC4)c4cn(C)nc34)nc3c(C)nc(C)cc32)c(OC)c1. The van der Waals surface area contributed by atoms with E-state index in [2.05, 4.69) is 15.2 Å². The van der Waals surface area contributed by atoms with Crippen LogP contribution >= 0.6 is 0 Å². The normalized spacial score (nSPS) is 15.3. The molecule has 1 aliphatic heterocycles. The van der Waals surface area contributed by atoms with Crippen molar-refractivity contribution in [3.63, 3.8) is 0 Å². The van der Waals surface area contributed by atoms with E-state index in [-0.39, 0.29) is 24.1 Å². The minimum atomic E-state index is -0.531. The summed E-state index contributed by atoms with van der Waals surface area (Å²) in [7, 11) is 5.11. The van der Waals surface area contributed by atoms with Crippen molar-refractivity contribution in [2.75, 3.05) is 37.5 Å². The molecular formula is C39H48N8O5. The first-order valence-electron chi connectivity index (χ1n) is 17.9. The number of carbonyl (C=O) groups is 2. The lowest BCUT2D eigenvalue weighted by atomic mass is 10.0. The largest absolute Gasteiger partial charge is 0.497 e. The number of pyridine rings is 1. The number of benzene rings is 2. The molecule has 5 aromatic rings. The molecule has 7 rings (SSSR count). The second-order valence-electron chi connectivity index (χ2n) is 14.9. The van der Waals surface area contributed by atoms with Crippen molar-refractivity contribution in [1.82, 2.24) is 29.2 Å². The molecule has 52 heavy (non-hydrogen) atoms. The van der Waals surface area contributed by atoms with Crippen LogP contribution in [0.15, 0.2) is 42.6 Å². The summed E-state index contributed by atoms with van der Waals surface area (Å²) in [4.78, 5) is 41.2. The van der Waals surface area contributed by atoms with Gasteiger partial charge in [0.2, 0.25) is 5.95 Å². The van der Waals surface area contributed by atoms with Crippen molar-refractivity contribution in [3.05, 3.63) is 65.1 Å². The number of amides is 2. The molecule has 2 amide bonds. The van der Waals surface area contributed by atoms with Crippen LogP contribution in [-0.2, 0) is 18.3 Å². The van der Waals surface area contributed by atoms with E-state index in [9.17, 15) is 9.59 Å². The highest BCUT2D eigenvalue weighted by Crippen LogP contribution is 2.37. The van der Waals surface area contributed by atoms with E-state index in [1.165, 1.54) is 0 Å². The fourth-order valence-corrected chi connectivity index (χ4v) is 7.32. The Morgan fingerprint density at radius 2 is 1.67 bits per heavy atom. The molecule has 274 valence electrons. The number of imidazole rings is 1. The molecule has 4 heterocycles. The van der Waals surface area contributed by atoms with E-state index in [1.54, 1.807) is 18.9 Å². The van der Waals surface area contributed by atoms with Gasteiger partial charge in [0.15, 0.2) is 0 Å². The summed E-state index contributed by atoms with van der Waals surface area (Å²) in [5, 5.41) is 8.76. The third kappa shape index (κ3) is 6.96. The van der Waals surface area contributed by atoms with E-state index in [1.807, 2.05) is 93.7 Å². The molecule has 2 aliphatic rings. The minimum absolute atomic E-state index is 0.132. The summed E-state index contributed by atoms with van der Waals surface area (Å²) < 4.78 is 20.6. The van der Waals surface area contributed by atoms with Crippen molar-refractivity contribution in [2.45, 2.75) is 84.5 Å². The van der Waals surface area contributed by atoms with Crippen molar-refractivity contribution >= 4 is 45.6 Å². The van der Waals surface area contributed by atoms with E-state index in [0.29, 0.717) is 40.6 Å². The topological polar surface area (TPSA) is 129 Å². The first-order valence-corrected chi connectivity index (χ1v) is 17.9. The number of rotatable bonds is 9. The van der Waals surface area contributed by atoms with Crippen molar-refractivity contribution in [3.8, 4) is 11.5 Å². The third-order valence-corrected chi connectivity index (χ3v) is 9.84. The van der Waals surface area contributed by atoms with Crippen LogP contribution in [0.25, 0.3) is 21.9 Å². The summed E-state index contributed by atoms with van der Waals surface area (Å²) in [6.07, 6.45) is 5.48. The molecule has 0 atom stereocenters. The highest BCUT2D eigenvalue weighted by atomic mass is 16.6. The number of hydrogen-bond acceptors (Lipinski definition) is 9. The van der Waals surface area contributed by atoms with Gasteiger partial charge in [0.25, 0.3) is 5.91 Å². The van der Waals surface area contributed by atoms with Gasteiger partial charge in [-0.3, -0.25) is 19.8 Å². The highest BCUT2D eigenvalue weighted by molar-refractivity contribution is 6.13. The van der Waals surface area contributed by atoms with Crippen LogP contribution in [0.5, 0.6) is 11.5 Å². The average Bonchev–Trinajstić information content (AvgIpc) is 3.76. The quantitative estimate of drug-likeness (QED) is 0.180. The molecule has 13 heteroatoms. The van der Waals surface area contributed by atoms with Gasteiger partial charge in [0.05, 0.1) is 37.5 Å². The first-order chi connectivity index (χ1) is 24.8. The molecule has 1 saturated heterocycles. The number of aryl methyl sites for hydroxylation is 3. The number of methoxy groups -OCH3 is 2. The van der Waals surface area contributed by atoms with Gasteiger partial charge in [-0.1, -0.05) is 0 Å². The maximum atomic E-state index is 14.2. The van der Waals surface area contributed by atoms with Crippen molar-refractivity contribution in [2.24, 2.45) is 7.05 Å².